The largest absolute Gasteiger partial charge is 0.497 e. The van der Waals surface area contributed by atoms with Crippen LogP contribution in [0.1, 0.15) is 16.7 Å². The molecule has 0 unspecified atom stereocenters. The Labute approximate surface area is 185 Å². The Morgan fingerprint density at radius 1 is 0.903 bits per heavy atom. The normalized spacial score (nSPS) is 13.7. The highest BCUT2D eigenvalue weighted by Gasteiger charge is 2.41. The Hall–Kier alpha value is -3.57. The molecular formula is C25H21ClN2O3. The minimum Gasteiger partial charge on any atom is -0.497 e. The van der Waals surface area contributed by atoms with Crippen molar-refractivity contribution in [2.75, 3.05) is 17.3 Å². The highest BCUT2D eigenvalue weighted by atomic mass is 35.5. The Morgan fingerprint density at radius 2 is 1.65 bits per heavy atom. The van der Waals surface area contributed by atoms with Crippen LogP contribution in [0.2, 0.25) is 5.02 Å². The van der Waals surface area contributed by atoms with Gasteiger partial charge in [-0.05, 0) is 66.9 Å². The highest BCUT2D eigenvalue weighted by molar-refractivity contribution is 6.46. The smallest absolute Gasteiger partial charge is 0.282 e. The van der Waals surface area contributed by atoms with Crippen molar-refractivity contribution in [2.24, 2.45) is 0 Å². The Balaban J connectivity index is 1.85. The van der Waals surface area contributed by atoms with E-state index in [1.165, 1.54) is 4.90 Å². The van der Waals surface area contributed by atoms with E-state index >= 15 is 0 Å². The first-order chi connectivity index (χ1) is 14.9. The first kappa shape index (κ1) is 20.7. The molecule has 0 saturated heterocycles. The van der Waals surface area contributed by atoms with Crippen LogP contribution in [0, 0.1) is 13.8 Å². The van der Waals surface area contributed by atoms with Gasteiger partial charge in [-0.1, -0.05) is 41.9 Å². The lowest BCUT2D eigenvalue weighted by molar-refractivity contribution is -0.120. The lowest BCUT2D eigenvalue weighted by atomic mass is 10.0. The van der Waals surface area contributed by atoms with E-state index in [1.54, 1.807) is 49.6 Å². The number of halogens is 1. The second-order valence-electron chi connectivity index (χ2n) is 7.35. The molecule has 6 heteroatoms. The molecule has 4 rings (SSSR count). The van der Waals surface area contributed by atoms with Crippen LogP contribution >= 0.6 is 11.6 Å². The van der Waals surface area contributed by atoms with Gasteiger partial charge in [0, 0.05) is 10.7 Å². The van der Waals surface area contributed by atoms with Gasteiger partial charge in [-0.2, -0.15) is 0 Å². The van der Waals surface area contributed by atoms with Crippen LogP contribution in [0.4, 0.5) is 11.4 Å². The minimum absolute atomic E-state index is 0.222. The molecule has 0 saturated carbocycles. The third kappa shape index (κ3) is 3.92. The predicted molar refractivity (Wildman–Crippen MR) is 123 cm³/mol. The van der Waals surface area contributed by atoms with E-state index in [4.69, 9.17) is 16.3 Å². The fourth-order valence-electron chi connectivity index (χ4n) is 3.58. The average Bonchev–Trinajstić information content (AvgIpc) is 2.99. The van der Waals surface area contributed by atoms with Crippen molar-refractivity contribution in [3.8, 4) is 5.75 Å². The van der Waals surface area contributed by atoms with Gasteiger partial charge in [0.1, 0.15) is 11.4 Å². The molecular weight excluding hydrogens is 412 g/mol. The molecule has 156 valence electrons. The molecule has 0 aliphatic carbocycles. The summed E-state index contributed by atoms with van der Waals surface area (Å²) >= 11 is 6.17. The molecule has 1 N–H and O–H groups in total. The minimum atomic E-state index is -0.428. The molecule has 1 aliphatic rings. The van der Waals surface area contributed by atoms with E-state index in [0.717, 1.165) is 16.8 Å². The third-order valence-corrected chi connectivity index (χ3v) is 5.40. The van der Waals surface area contributed by atoms with Gasteiger partial charge in [0.05, 0.1) is 18.4 Å². The second kappa shape index (κ2) is 8.28. The van der Waals surface area contributed by atoms with Crippen molar-refractivity contribution >= 4 is 40.4 Å². The Bertz CT molecular complexity index is 1220. The first-order valence-electron chi connectivity index (χ1n) is 9.76. The van der Waals surface area contributed by atoms with Crippen LogP contribution in [0.15, 0.2) is 72.4 Å². The maximum absolute atomic E-state index is 13.5. The number of aryl methyl sites for hydroxylation is 2. The van der Waals surface area contributed by atoms with Crippen LogP contribution < -0.4 is 15.0 Å². The number of rotatable bonds is 5. The summed E-state index contributed by atoms with van der Waals surface area (Å²) in [5, 5.41) is 3.63. The second-order valence-corrected chi connectivity index (χ2v) is 7.79. The lowest BCUT2D eigenvalue weighted by Gasteiger charge is -2.18. The standard InChI is InChI=1S/C25H21ClN2O3/c1-15-5-4-6-19(13-15)27-23-22(17-8-11-20(31-3)12-9-17)24(29)28(25(23)30)21-14-18(26)10-7-16(21)2/h4-14,27H,1-3H3. The Morgan fingerprint density at radius 3 is 2.32 bits per heavy atom. The summed E-state index contributed by atoms with van der Waals surface area (Å²) in [6.07, 6.45) is 0. The van der Waals surface area contributed by atoms with Crippen molar-refractivity contribution in [2.45, 2.75) is 13.8 Å². The number of hydrogen-bond acceptors (Lipinski definition) is 4. The van der Waals surface area contributed by atoms with Gasteiger partial charge in [0.2, 0.25) is 0 Å². The van der Waals surface area contributed by atoms with Gasteiger partial charge in [0.15, 0.2) is 0 Å². The van der Waals surface area contributed by atoms with Gasteiger partial charge < -0.3 is 10.1 Å². The third-order valence-electron chi connectivity index (χ3n) is 5.16. The van der Waals surface area contributed by atoms with Gasteiger partial charge in [-0.15, -0.1) is 0 Å². The number of carbonyl (C=O) groups is 2. The maximum Gasteiger partial charge on any atom is 0.282 e. The van der Waals surface area contributed by atoms with Crippen molar-refractivity contribution in [3.63, 3.8) is 0 Å². The summed E-state index contributed by atoms with van der Waals surface area (Å²) in [6.45, 7) is 3.80. The number of nitrogens with one attached hydrogen (secondary N) is 1. The number of ether oxygens (including phenoxy) is 1. The van der Waals surface area contributed by atoms with E-state index in [1.807, 2.05) is 38.1 Å². The zero-order valence-electron chi connectivity index (χ0n) is 17.4. The summed E-state index contributed by atoms with van der Waals surface area (Å²) < 4.78 is 5.23. The number of hydrogen-bond donors (Lipinski definition) is 1. The Kier molecular flexibility index (Phi) is 5.53. The zero-order valence-corrected chi connectivity index (χ0v) is 18.2. The number of imide groups is 1. The number of anilines is 2. The SMILES string of the molecule is COc1ccc(C2=C(Nc3cccc(C)c3)C(=O)N(c3cc(Cl)ccc3C)C2=O)cc1. The highest BCUT2D eigenvalue weighted by Crippen LogP contribution is 2.36. The molecule has 31 heavy (non-hydrogen) atoms. The molecule has 0 fully saturated rings. The van der Waals surface area contributed by atoms with E-state index in [0.29, 0.717) is 27.6 Å². The summed E-state index contributed by atoms with van der Waals surface area (Å²) in [6, 6.07) is 19.9. The quantitative estimate of drug-likeness (QED) is 0.551. The molecule has 3 aromatic rings. The number of amides is 2. The monoisotopic (exact) mass is 432 g/mol. The summed E-state index contributed by atoms with van der Waals surface area (Å²) in [5.41, 5.74) is 4.15. The number of benzene rings is 3. The first-order valence-corrected chi connectivity index (χ1v) is 10.1. The topological polar surface area (TPSA) is 58.6 Å². The molecule has 0 radical (unpaired) electrons. The van der Waals surface area contributed by atoms with E-state index in [2.05, 4.69) is 5.32 Å². The molecule has 1 heterocycles. The van der Waals surface area contributed by atoms with Gasteiger partial charge in [0.25, 0.3) is 11.8 Å². The number of methoxy groups -OCH3 is 1. The van der Waals surface area contributed by atoms with Crippen molar-refractivity contribution < 1.29 is 14.3 Å². The zero-order chi connectivity index (χ0) is 22.1. The fraction of sp³-hybridized carbons (Fsp3) is 0.120. The molecule has 0 spiro atoms. The number of nitrogens with zero attached hydrogens (tertiary/aromatic N) is 1. The summed E-state index contributed by atoms with van der Waals surface area (Å²) in [7, 11) is 1.58. The lowest BCUT2D eigenvalue weighted by Crippen LogP contribution is -2.33. The van der Waals surface area contributed by atoms with E-state index < -0.39 is 11.8 Å². The van der Waals surface area contributed by atoms with E-state index in [-0.39, 0.29) is 5.70 Å². The van der Waals surface area contributed by atoms with Crippen molar-refractivity contribution in [1.29, 1.82) is 0 Å². The fourth-order valence-corrected chi connectivity index (χ4v) is 3.75. The van der Waals surface area contributed by atoms with Gasteiger partial charge in [-0.3, -0.25) is 9.59 Å². The van der Waals surface area contributed by atoms with Crippen molar-refractivity contribution in [3.05, 3.63) is 94.1 Å². The predicted octanol–water partition coefficient (Wildman–Crippen LogP) is 5.36. The molecule has 0 atom stereocenters. The molecule has 0 bridgehead atoms. The molecule has 2 amide bonds. The van der Waals surface area contributed by atoms with Crippen LogP contribution in [-0.4, -0.2) is 18.9 Å². The van der Waals surface area contributed by atoms with Crippen LogP contribution in [0.3, 0.4) is 0 Å². The van der Waals surface area contributed by atoms with E-state index in [9.17, 15) is 9.59 Å². The van der Waals surface area contributed by atoms with Crippen LogP contribution in [0.25, 0.3) is 5.57 Å². The average molecular weight is 433 g/mol. The molecule has 3 aromatic carbocycles. The van der Waals surface area contributed by atoms with Gasteiger partial charge >= 0.3 is 0 Å². The summed E-state index contributed by atoms with van der Waals surface area (Å²) in [4.78, 5) is 28.2. The summed E-state index contributed by atoms with van der Waals surface area (Å²) in [5.74, 6) is -0.171. The van der Waals surface area contributed by atoms with Crippen molar-refractivity contribution in [1.82, 2.24) is 0 Å². The number of carbonyl (C=O) groups excluding carboxylic acids is 2. The van der Waals surface area contributed by atoms with Gasteiger partial charge in [-0.25, -0.2) is 4.90 Å². The maximum atomic E-state index is 13.5. The molecule has 0 aromatic heterocycles. The van der Waals surface area contributed by atoms with Crippen LogP contribution in [0.5, 0.6) is 5.75 Å². The molecule has 1 aliphatic heterocycles. The van der Waals surface area contributed by atoms with Crippen LogP contribution in [-0.2, 0) is 9.59 Å². The molecule has 5 nitrogen and oxygen atoms in total.